The van der Waals surface area contributed by atoms with Crippen LogP contribution in [-0.2, 0) is 6.42 Å². The number of H-pyrrole nitrogens is 1. The molecular weight excluding hydrogens is 296 g/mol. The van der Waals surface area contributed by atoms with Gasteiger partial charge in [-0.3, -0.25) is 9.78 Å². The van der Waals surface area contributed by atoms with E-state index in [1.807, 2.05) is 18.2 Å². The van der Waals surface area contributed by atoms with Crippen LogP contribution in [0.2, 0.25) is 0 Å². The highest BCUT2D eigenvalue weighted by Crippen LogP contribution is 2.31. The van der Waals surface area contributed by atoms with Crippen molar-refractivity contribution in [3.05, 3.63) is 58.0 Å². The smallest absolute Gasteiger partial charge is 0.345 e. The number of fused-ring (bicyclic) bond motifs is 1. The van der Waals surface area contributed by atoms with Gasteiger partial charge in [0.25, 0.3) is 5.56 Å². The second-order valence-corrected chi connectivity index (χ2v) is 5.10. The lowest BCUT2D eigenvalue weighted by Gasteiger charge is -2.12. The van der Waals surface area contributed by atoms with E-state index >= 15 is 0 Å². The number of benzene rings is 1. The summed E-state index contributed by atoms with van der Waals surface area (Å²) in [5, 5.41) is 20.1. The molecule has 3 N–H and O–H groups in total. The Morgan fingerprint density at radius 1 is 1.30 bits per heavy atom. The summed E-state index contributed by atoms with van der Waals surface area (Å²) in [6.45, 7) is 1.78. The molecular formula is C17H14N2O4. The lowest BCUT2D eigenvalue weighted by atomic mass is 9.99. The molecule has 0 bridgehead atoms. The Balaban J connectivity index is 2.29. The Hall–Kier alpha value is -3.15. The van der Waals surface area contributed by atoms with Crippen LogP contribution < -0.4 is 5.56 Å². The molecule has 2 aromatic heterocycles. The summed E-state index contributed by atoms with van der Waals surface area (Å²) in [7, 11) is 0. The average molecular weight is 310 g/mol. The van der Waals surface area contributed by atoms with Gasteiger partial charge in [-0.25, -0.2) is 4.79 Å². The fourth-order valence-electron chi connectivity index (χ4n) is 2.65. The SMILES string of the molecule is CCc1c(-c2ccc3ncccc3c2)[nH]c(=O)c(C(=O)O)c1O. The summed E-state index contributed by atoms with van der Waals surface area (Å²) in [5.41, 5.74) is 0.854. The zero-order valence-electron chi connectivity index (χ0n) is 12.3. The van der Waals surface area contributed by atoms with Crippen molar-refractivity contribution in [1.29, 1.82) is 0 Å². The summed E-state index contributed by atoms with van der Waals surface area (Å²) in [5.74, 6) is -1.93. The molecule has 0 unspecified atom stereocenters. The average Bonchev–Trinajstić information content (AvgIpc) is 2.53. The first-order valence-electron chi connectivity index (χ1n) is 7.09. The van der Waals surface area contributed by atoms with Gasteiger partial charge >= 0.3 is 5.97 Å². The van der Waals surface area contributed by atoms with Gasteiger partial charge in [-0.05, 0) is 30.2 Å². The Morgan fingerprint density at radius 2 is 2.09 bits per heavy atom. The van der Waals surface area contributed by atoms with Gasteiger partial charge in [0.15, 0.2) is 5.56 Å². The first kappa shape index (κ1) is 14.8. The highest BCUT2D eigenvalue weighted by molar-refractivity contribution is 5.92. The Morgan fingerprint density at radius 3 is 2.78 bits per heavy atom. The molecule has 0 saturated carbocycles. The number of pyridine rings is 2. The Bertz CT molecular complexity index is 976. The third-order valence-corrected chi connectivity index (χ3v) is 3.75. The molecule has 0 atom stereocenters. The third-order valence-electron chi connectivity index (χ3n) is 3.75. The van der Waals surface area contributed by atoms with Crippen LogP contribution in [0.5, 0.6) is 5.75 Å². The molecule has 3 rings (SSSR count). The number of carboxylic acid groups (broad SMARTS) is 1. The molecule has 0 fully saturated rings. The van der Waals surface area contributed by atoms with Crippen LogP contribution in [0.3, 0.4) is 0 Å². The maximum Gasteiger partial charge on any atom is 0.345 e. The molecule has 0 saturated heterocycles. The second-order valence-electron chi connectivity index (χ2n) is 5.10. The van der Waals surface area contributed by atoms with E-state index in [-0.39, 0.29) is 0 Å². The molecule has 0 aliphatic heterocycles. The fraction of sp³-hybridized carbons (Fsp3) is 0.118. The van der Waals surface area contributed by atoms with Gasteiger partial charge in [0.1, 0.15) is 5.75 Å². The van der Waals surface area contributed by atoms with E-state index in [0.29, 0.717) is 23.2 Å². The van der Waals surface area contributed by atoms with E-state index in [0.717, 1.165) is 10.9 Å². The van der Waals surface area contributed by atoms with E-state index in [4.69, 9.17) is 5.11 Å². The molecule has 3 aromatic rings. The fourth-order valence-corrected chi connectivity index (χ4v) is 2.65. The third kappa shape index (κ3) is 2.44. The van der Waals surface area contributed by atoms with E-state index in [1.54, 1.807) is 25.3 Å². The number of aromatic hydroxyl groups is 1. The minimum absolute atomic E-state index is 0.378. The van der Waals surface area contributed by atoms with Gasteiger partial charge in [0, 0.05) is 17.1 Å². The highest BCUT2D eigenvalue weighted by Gasteiger charge is 2.21. The van der Waals surface area contributed by atoms with Crippen molar-refractivity contribution in [3.8, 4) is 17.0 Å². The van der Waals surface area contributed by atoms with Gasteiger partial charge in [-0.15, -0.1) is 0 Å². The number of aromatic amines is 1. The summed E-state index contributed by atoms with van der Waals surface area (Å²) in [4.78, 5) is 30.0. The van der Waals surface area contributed by atoms with Crippen LogP contribution in [0.15, 0.2) is 41.3 Å². The van der Waals surface area contributed by atoms with Crippen LogP contribution in [-0.4, -0.2) is 26.2 Å². The molecule has 0 spiro atoms. The number of hydrogen-bond acceptors (Lipinski definition) is 4. The molecule has 6 nitrogen and oxygen atoms in total. The lowest BCUT2D eigenvalue weighted by Crippen LogP contribution is -2.20. The molecule has 6 heteroatoms. The summed E-state index contributed by atoms with van der Waals surface area (Å²) >= 11 is 0. The van der Waals surface area contributed by atoms with Crippen LogP contribution in [0, 0.1) is 0 Å². The van der Waals surface area contributed by atoms with Crippen molar-refractivity contribution in [2.45, 2.75) is 13.3 Å². The van der Waals surface area contributed by atoms with Crippen molar-refractivity contribution in [1.82, 2.24) is 9.97 Å². The van der Waals surface area contributed by atoms with Crippen molar-refractivity contribution in [2.24, 2.45) is 0 Å². The van der Waals surface area contributed by atoms with E-state index in [1.165, 1.54) is 0 Å². The number of carbonyl (C=O) groups is 1. The van der Waals surface area contributed by atoms with E-state index < -0.39 is 22.8 Å². The van der Waals surface area contributed by atoms with Crippen LogP contribution in [0.1, 0.15) is 22.8 Å². The number of hydrogen-bond donors (Lipinski definition) is 3. The monoisotopic (exact) mass is 310 g/mol. The van der Waals surface area contributed by atoms with Gasteiger partial charge in [0.05, 0.1) is 11.2 Å². The minimum atomic E-state index is -1.45. The zero-order valence-corrected chi connectivity index (χ0v) is 12.3. The Kier molecular flexibility index (Phi) is 3.57. The van der Waals surface area contributed by atoms with Crippen molar-refractivity contribution >= 4 is 16.9 Å². The first-order valence-corrected chi connectivity index (χ1v) is 7.09. The molecule has 23 heavy (non-hydrogen) atoms. The molecule has 0 aliphatic carbocycles. The lowest BCUT2D eigenvalue weighted by molar-refractivity contribution is 0.0691. The van der Waals surface area contributed by atoms with E-state index in [9.17, 15) is 14.7 Å². The number of nitrogens with zero attached hydrogens (tertiary/aromatic N) is 1. The van der Waals surface area contributed by atoms with Gasteiger partial charge in [-0.2, -0.15) is 0 Å². The summed E-state index contributed by atoms with van der Waals surface area (Å²) < 4.78 is 0. The highest BCUT2D eigenvalue weighted by atomic mass is 16.4. The maximum atomic E-state index is 12.0. The number of nitrogens with one attached hydrogen (secondary N) is 1. The molecule has 0 radical (unpaired) electrons. The maximum absolute atomic E-state index is 12.0. The van der Waals surface area contributed by atoms with Crippen molar-refractivity contribution in [2.75, 3.05) is 0 Å². The predicted molar refractivity (Wildman–Crippen MR) is 85.8 cm³/mol. The number of aromatic carboxylic acids is 1. The zero-order chi connectivity index (χ0) is 16.6. The van der Waals surface area contributed by atoms with Gasteiger partial charge < -0.3 is 15.2 Å². The van der Waals surface area contributed by atoms with Crippen molar-refractivity contribution < 1.29 is 15.0 Å². The van der Waals surface area contributed by atoms with Gasteiger partial charge in [0.2, 0.25) is 0 Å². The normalized spacial score (nSPS) is 10.8. The predicted octanol–water partition coefficient (Wildman–Crippen LogP) is 2.56. The number of aromatic nitrogens is 2. The van der Waals surface area contributed by atoms with Crippen LogP contribution in [0.25, 0.3) is 22.2 Å². The molecule has 0 amide bonds. The van der Waals surface area contributed by atoms with E-state index in [2.05, 4.69) is 9.97 Å². The molecule has 1 aromatic carbocycles. The van der Waals surface area contributed by atoms with Gasteiger partial charge in [-0.1, -0.05) is 19.1 Å². The second kappa shape index (κ2) is 5.57. The standard InChI is InChI=1S/C17H14N2O4/c1-2-11-14(19-16(21)13(15(11)20)17(22)23)10-5-6-12-9(8-10)4-3-7-18-12/h3-8H,2H2,1H3,(H,22,23)(H2,19,20,21). The van der Waals surface area contributed by atoms with Crippen LogP contribution >= 0.6 is 0 Å². The number of carboxylic acids is 1. The molecule has 2 heterocycles. The summed E-state index contributed by atoms with van der Waals surface area (Å²) in [6.07, 6.45) is 2.07. The van der Waals surface area contributed by atoms with Crippen LogP contribution in [0.4, 0.5) is 0 Å². The number of rotatable bonds is 3. The quantitative estimate of drug-likeness (QED) is 0.690. The topological polar surface area (TPSA) is 103 Å². The first-order chi connectivity index (χ1) is 11.0. The van der Waals surface area contributed by atoms with Crippen molar-refractivity contribution in [3.63, 3.8) is 0 Å². The molecule has 116 valence electrons. The Labute approximate surface area is 131 Å². The largest absolute Gasteiger partial charge is 0.506 e. The summed E-state index contributed by atoms with van der Waals surface area (Å²) in [6, 6.07) is 9.12. The molecule has 0 aliphatic rings. The minimum Gasteiger partial charge on any atom is -0.506 e.